The summed E-state index contributed by atoms with van der Waals surface area (Å²) >= 11 is 0. The lowest BCUT2D eigenvalue weighted by molar-refractivity contribution is -0.126. The van der Waals surface area contributed by atoms with E-state index < -0.39 is 10.0 Å². The minimum absolute atomic E-state index is 0.0380. The molecular weight excluding hydrogens is 416 g/mol. The van der Waals surface area contributed by atoms with Crippen LogP contribution in [0.5, 0.6) is 11.5 Å². The molecule has 168 valence electrons. The fraction of sp³-hybridized carbons (Fsp3) is 0.435. The molecule has 2 aromatic rings. The summed E-state index contributed by atoms with van der Waals surface area (Å²) in [5, 5.41) is 2.96. The molecule has 1 N–H and O–H groups in total. The molecule has 0 saturated carbocycles. The van der Waals surface area contributed by atoms with Crippen molar-refractivity contribution in [3.63, 3.8) is 0 Å². The van der Waals surface area contributed by atoms with E-state index in [-0.39, 0.29) is 22.8 Å². The van der Waals surface area contributed by atoms with Crippen LogP contribution in [0.1, 0.15) is 32.3 Å². The third-order valence-corrected chi connectivity index (χ3v) is 7.18. The van der Waals surface area contributed by atoms with E-state index in [9.17, 15) is 13.2 Å². The van der Waals surface area contributed by atoms with Gasteiger partial charge in [0.05, 0.1) is 18.1 Å². The molecule has 3 rings (SSSR count). The summed E-state index contributed by atoms with van der Waals surface area (Å²) in [6, 6.07) is 14.0. The highest BCUT2D eigenvalue weighted by molar-refractivity contribution is 7.89. The van der Waals surface area contributed by atoms with Crippen LogP contribution in [0.4, 0.5) is 0 Å². The lowest BCUT2D eigenvalue weighted by Gasteiger charge is -2.30. The first kappa shape index (κ1) is 23.1. The number of benzene rings is 2. The number of nitrogens with zero attached hydrogens (tertiary/aromatic N) is 1. The number of hydrogen-bond donors (Lipinski definition) is 1. The summed E-state index contributed by atoms with van der Waals surface area (Å²) < 4.78 is 38.0. The van der Waals surface area contributed by atoms with Gasteiger partial charge in [0.25, 0.3) is 0 Å². The van der Waals surface area contributed by atoms with Gasteiger partial charge in [-0.15, -0.1) is 0 Å². The molecule has 0 unspecified atom stereocenters. The fourth-order valence-corrected chi connectivity index (χ4v) is 5.10. The third-order valence-electron chi connectivity index (χ3n) is 5.26. The summed E-state index contributed by atoms with van der Waals surface area (Å²) in [7, 11) is -1.93. The van der Waals surface area contributed by atoms with E-state index in [4.69, 9.17) is 9.47 Å². The van der Waals surface area contributed by atoms with Gasteiger partial charge < -0.3 is 14.8 Å². The van der Waals surface area contributed by atoms with E-state index in [1.165, 1.54) is 4.31 Å². The van der Waals surface area contributed by atoms with Crippen LogP contribution in [0.3, 0.4) is 0 Å². The second-order valence-corrected chi connectivity index (χ2v) is 9.80. The van der Waals surface area contributed by atoms with Crippen LogP contribution < -0.4 is 14.8 Å². The summed E-state index contributed by atoms with van der Waals surface area (Å²) in [4.78, 5) is 12.9. The van der Waals surface area contributed by atoms with Crippen molar-refractivity contribution in [2.24, 2.45) is 5.92 Å². The van der Waals surface area contributed by atoms with Gasteiger partial charge in [-0.05, 0) is 56.5 Å². The molecule has 1 aliphatic heterocycles. The van der Waals surface area contributed by atoms with E-state index in [1.54, 1.807) is 37.4 Å². The number of amides is 1. The van der Waals surface area contributed by atoms with Gasteiger partial charge in [0, 0.05) is 25.6 Å². The number of nitrogens with one attached hydrogen (secondary N) is 1. The molecular formula is C23H30N2O5S. The molecule has 0 bridgehead atoms. The predicted octanol–water partition coefficient (Wildman–Crippen LogP) is 3.20. The molecule has 8 heteroatoms. The zero-order valence-corrected chi connectivity index (χ0v) is 19.0. The molecule has 1 fully saturated rings. The molecule has 0 atom stereocenters. The third kappa shape index (κ3) is 5.77. The average Bonchev–Trinajstić information content (AvgIpc) is 2.78. The van der Waals surface area contributed by atoms with Crippen molar-refractivity contribution in [1.82, 2.24) is 9.62 Å². The highest BCUT2D eigenvalue weighted by Gasteiger charge is 2.31. The molecule has 0 aliphatic carbocycles. The first-order chi connectivity index (χ1) is 14.8. The second kappa shape index (κ2) is 10.2. The Hall–Kier alpha value is -2.58. The summed E-state index contributed by atoms with van der Waals surface area (Å²) in [5.74, 6) is 1.03. The van der Waals surface area contributed by atoms with Gasteiger partial charge >= 0.3 is 0 Å². The molecule has 1 amide bonds. The largest absolute Gasteiger partial charge is 0.493 e. The van der Waals surface area contributed by atoms with Crippen molar-refractivity contribution in [3.8, 4) is 11.5 Å². The topological polar surface area (TPSA) is 84.9 Å². The van der Waals surface area contributed by atoms with Gasteiger partial charge in [-0.1, -0.05) is 24.3 Å². The standard InChI is InChI=1S/C23H30N2O5S/c1-17(2)30-21-10-9-18(15-22(21)29-3)16-24-23(26)19-11-13-25(14-12-19)31(27,28)20-7-5-4-6-8-20/h4-10,15,17,19H,11-14,16H2,1-3H3,(H,24,26). The maximum atomic E-state index is 12.7. The summed E-state index contributed by atoms with van der Waals surface area (Å²) in [6.07, 6.45) is 1.04. The van der Waals surface area contributed by atoms with E-state index in [1.807, 2.05) is 32.0 Å². The van der Waals surface area contributed by atoms with Crippen LogP contribution >= 0.6 is 0 Å². The molecule has 0 spiro atoms. The van der Waals surface area contributed by atoms with Crippen LogP contribution in [-0.2, 0) is 21.4 Å². The monoisotopic (exact) mass is 446 g/mol. The summed E-state index contributed by atoms with van der Waals surface area (Å²) in [5.41, 5.74) is 0.908. The van der Waals surface area contributed by atoms with Crippen molar-refractivity contribution in [2.75, 3.05) is 20.2 Å². The number of sulfonamides is 1. The van der Waals surface area contributed by atoms with Crippen LogP contribution in [0.2, 0.25) is 0 Å². The minimum atomic E-state index is -3.51. The van der Waals surface area contributed by atoms with Gasteiger partial charge in [-0.25, -0.2) is 8.42 Å². The Balaban J connectivity index is 1.54. The number of hydrogen-bond acceptors (Lipinski definition) is 5. The van der Waals surface area contributed by atoms with Gasteiger partial charge in [0.2, 0.25) is 15.9 Å². The molecule has 0 aromatic heterocycles. The Bertz CT molecular complexity index is 984. The second-order valence-electron chi connectivity index (χ2n) is 7.86. The van der Waals surface area contributed by atoms with Crippen LogP contribution in [0.25, 0.3) is 0 Å². The van der Waals surface area contributed by atoms with E-state index >= 15 is 0 Å². The number of carbonyl (C=O) groups is 1. The molecule has 2 aromatic carbocycles. The number of piperidine rings is 1. The van der Waals surface area contributed by atoms with E-state index in [0.29, 0.717) is 44.0 Å². The number of rotatable bonds is 8. The molecule has 1 aliphatic rings. The van der Waals surface area contributed by atoms with Crippen LogP contribution in [0.15, 0.2) is 53.4 Å². The minimum Gasteiger partial charge on any atom is -0.493 e. The van der Waals surface area contributed by atoms with Crippen LogP contribution in [0, 0.1) is 5.92 Å². The van der Waals surface area contributed by atoms with Crippen molar-refractivity contribution >= 4 is 15.9 Å². The van der Waals surface area contributed by atoms with E-state index in [0.717, 1.165) is 5.56 Å². The smallest absolute Gasteiger partial charge is 0.243 e. The lowest BCUT2D eigenvalue weighted by atomic mass is 9.97. The number of carbonyl (C=O) groups excluding carboxylic acids is 1. The highest BCUT2D eigenvalue weighted by atomic mass is 32.2. The maximum Gasteiger partial charge on any atom is 0.243 e. The SMILES string of the molecule is COc1cc(CNC(=O)C2CCN(S(=O)(=O)c3ccccc3)CC2)ccc1OC(C)C. The van der Waals surface area contributed by atoms with Crippen molar-refractivity contribution in [3.05, 3.63) is 54.1 Å². The van der Waals surface area contributed by atoms with E-state index in [2.05, 4.69) is 5.32 Å². The fourth-order valence-electron chi connectivity index (χ4n) is 3.61. The Labute approximate surface area is 184 Å². The molecule has 7 nitrogen and oxygen atoms in total. The Morgan fingerprint density at radius 2 is 1.77 bits per heavy atom. The molecule has 1 heterocycles. The van der Waals surface area contributed by atoms with Gasteiger partial charge in [-0.2, -0.15) is 4.31 Å². The van der Waals surface area contributed by atoms with Crippen LogP contribution in [-0.4, -0.2) is 44.9 Å². The Morgan fingerprint density at radius 3 is 2.39 bits per heavy atom. The Morgan fingerprint density at radius 1 is 1.10 bits per heavy atom. The maximum absolute atomic E-state index is 12.7. The lowest BCUT2D eigenvalue weighted by Crippen LogP contribution is -2.42. The molecule has 31 heavy (non-hydrogen) atoms. The first-order valence-electron chi connectivity index (χ1n) is 10.5. The quantitative estimate of drug-likeness (QED) is 0.673. The zero-order valence-electron chi connectivity index (χ0n) is 18.2. The van der Waals surface area contributed by atoms with Crippen molar-refractivity contribution in [1.29, 1.82) is 0 Å². The predicted molar refractivity (Wildman–Crippen MR) is 119 cm³/mol. The van der Waals surface area contributed by atoms with Gasteiger partial charge in [0.1, 0.15) is 0 Å². The van der Waals surface area contributed by atoms with Crippen molar-refractivity contribution in [2.45, 2.75) is 44.2 Å². The molecule has 1 saturated heterocycles. The van der Waals surface area contributed by atoms with Crippen molar-refractivity contribution < 1.29 is 22.7 Å². The first-order valence-corrected chi connectivity index (χ1v) is 11.9. The summed E-state index contributed by atoms with van der Waals surface area (Å²) in [6.45, 7) is 4.95. The number of methoxy groups -OCH3 is 1. The van der Waals surface area contributed by atoms with Gasteiger partial charge in [-0.3, -0.25) is 4.79 Å². The zero-order chi connectivity index (χ0) is 22.4. The molecule has 0 radical (unpaired) electrons. The van der Waals surface area contributed by atoms with Gasteiger partial charge in [0.15, 0.2) is 11.5 Å². The average molecular weight is 447 g/mol. The Kier molecular flexibility index (Phi) is 7.56. The normalized spacial score (nSPS) is 15.6. The number of ether oxygens (including phenoxy) is 2. The highest BCUT2D eigenvalue weighted by Crippen LogP contribution is 2.29.